The number of carboxylic acids is 1. The average molecular weight is 667 g/mol. The molecule has 6 nitrogen and oxygen atoms in total. The van der Waals surface area contributed by atoms with Crippen LogP contribution in [0.1, 0.15) is 147 Å². The predicted octanol–water partition coefficient (Wildman–Crippen LogP) is 9.64. The van der Waals surface area contributed by atoms with Crippen molar-refractivity contribution in [2.24, 2.45) is 73.9 Å². The van der Waals surface area contributed by atoms with Gasteiger partial charge >= 0.3 is 17.9 Å². The van der Waals surface area contributed by atoms with Gasteiger partial charge in [0.1, 0.15) is 11.7 Å². The SMILES string of the molecule is C=C(C)[C@@H]1CC[C@]2(C(=O)O)CC[C@]3(C)[C@H](CCC4[C@@]5(C)CC[C@H](OC(=O)[C@@H]6C[C@H](C(=O)OC(C)(C)C)C6(C)C)C(C)(C)[C@@H]5CC[C@]43C)[C@@H]12. The molecule has 6 aliphatic carbocycles. The minimum atomic E-state index is -0.593. The molecule has 0 heterocycles. The fourth-order valence-electron chi connectivity index (χ4n) is 14.0. The lowest BCUT2D eigenvalue weighted by Gasteiger charge is -2.72. The van der Waals surface area contributed by atoms with Gasteiger partial charge in [0, 0.05) is 5.41 Å². The van der Waals surface area contributed by atoms with Gasteiger partial charge in [-0.2, -0.15) is 0 Å². The molecule has 0 spiro atoms. The van der Waals surface area contributed by atoms with Gasteiger partial charge in [0.15, 0.2) is 0 Å². The number of fused-ring (bicyclic) bond motifs is 7. The summed E-state index contributed by atoms with van der Waals surface area (Å²) in [5.74, 6) is 0.380. The zero-order chi connectivity index (χ0) is 35.6. The maximum Gasteiger partial charge on any atom is 0.310 e. The molecule has 6 fully saturated rings. The summed E-state index contributed by atoms with van der Waals surface area (Å²) >= 11 is 0. The number of carboxylic acid groups (broad SMARTS) is 1. The largest absolute Gasteiger partial charge is 0.481 e. The van der Waals surface area contributed by atoms with Crippen LogP contribution in [-0.2, 0) is 23.9 Å². The number of allylic oxidation sites excluding steroid dienone is 1. The van der Waals surface area contributed by atoms with Crippen LogP contribution in [0.15, 0.2) is 12.2 Å². The molecule has 0 aromatic rings. The number of aliphatic carboxylic acids is 1. The van der Waals surface area contributed by atoms with Crippen LogP contribution in [0, 0.1) is 73.9 Å². The summed E-state index contributed by atoms with van der Waals surface area (Å²) in [6.07, 6.45) is 10.3. The van der Waals surface area contributed by atoms with E-state index >= 15 is 0 Å². The summed E-state index contributed by atoms with van der Waals surface area (Å²) in [5.41, 5.74) is -0.251. The van der Waals surface area contributed by atoms with Crippen molar-refractivity contribution in [3.05, 3.63) is 12.2 Å². The molecule has 12 atom stereocenters. The summed E-state index contributed by atoms with van der Waals surface area (Å²) in [6, 6.07) is 0. The highest BCUT2D eigenvalue weighted by atomic mass is 16.6. The molecule has 0 radical (unpaired) electrons. The van der Waals surface area contributed by atoms with Gasteiger partial charge in [0.25, 0.3) is 0 Å². The third-order valence-electron chi connectivity index (χ3n) is 16.9. The molecule has 6 rings (SSSR count). The van der Waals surface area contributed by atoms with Crippen LogP contribution >= 0.6 is 0 Å². The van der Waals surface area contributed by atoms with Crippen LogP contribution in [0.2, 0.25) is 0 Å². The molecule has 1 N–H and O–H groups in total. The van der Waals surface area contributed by atoms with Crippen LogP contribution < -0.4 is 0 Å². The van der Waals surface area contributed by atoms with E-state index in [1.807, 2.05) is 34.6 Å². The van der Waals surface area contributed by atoms with Gasteiger partial charge in [0.2, 0.25) is 0 Å². The first-order valence-corrected chi connectivity index (χ1v) is 19.3. The van der Waals surface area contributed by atoms with Crippen molar-refractivity contribution in [2.45, 2.75) is 158 Å². The summed E-state index contributed by atoms with van der Waals surface area (Å²) in [7, 11) is 0. The average Bonchev–Trinajstić information content (AvgIpc) is 3.35. The highest BCUT2D eigenvalue weighted by molar-refractivity contribution is 5.82. The van der Waals surface area contributed by atoms with Crippen molar-refractivity contribution < 1.29 is 29.0 Å². The Labute approximate surface area is 290 Å². The van der Waals surface area contributed by atoms with Gasteiger partial charge in [-0.15, -0.1) is 0 Å². The lowest BCUT2D eigenvalue weighted by atomic mass is 9.32. The molecule has 0 bridgehead atoms. The molecular formula is C42H66O6. The Balaban J connectivity index is 1.20. The quantitative estimate of drug-likeness (QED) is 0.232. The van der Waals surface area contributed by atoms with Crippen molar-refractivity contribution >= 4 is 17.9 Å². The molecule has 6 saturated carbocycles. The molecule has 1 unspecified atom stereocenters. The van der Waals surface area contributed by atoms with E-state index in [0.717, 1.165) is 64.2 Å². The van der Waals surface area contributed by atoms with Crippen molar-refractivity contribution in [3.8, 4) is 0 Å². The number of esters is 2. The van der Waals surface area contributed by atoms with Crippen LogP contribution in [0.5, 0.6) is 0 Å². The number of ether oxygens (including phenoxy) is 2. The Morgan fingerprint density at radius 1 is 0.729 bits per heavy atom. The number of hydrogen-bond acceptors (Lipinski definition) is 5. The first kappa shape index (κ1) is 36.0. The van der Waals surface area contributed by atoms with Gasteiger partial charge in [-0.1, -0.05) is 60.6 Å². The Bertz CT molecular complexity index is 1370. The second kappa shape index (κ2) is 11.1. The van der Waals surface area contributed by atoms with E-state index in [1.54, 1.807) is 0 Å². The van der Waals surface area contributed by atoms with E-state index in [9.17, 15) is 19.5 Å². The lowest BCUT2D eigenvalue weighted by molar-refractivity contribution is -0.252. The number of hydrogen-bond donors (Lipinski definition) is 1. The lowest BCUT2D eigenvalue weighted by Crippen LogP contribution is -2.67. The summed E-state index contributed by atoms with van der Waals surface area (Å²) in [6.45, 7) is 28.6. The van der Waals surface area contributed by atoms with Gasteiger partial charge < -0.3 is 14.6 Å². The van der Waals surface area contributed by atoms with Crippen LogP contribution in [0.3, 0.4) is 0 Å². The Morgan fingerprint density at radius 3 is 1.96 bits per heavy atom. The normalized spacial score (nSPS) is 47.2. The molecule has 6 aliphatic rings. The minimum absolute atomic E-state index is 0.0967. The molecule has 48 heavy (non-hydrogen) atoms. The van der Waals surface area contributed by atoms with Crippen molar-refractivity contribution in [1.29, 1.82) is 0 Å². The van der Waals surface area contributed by atoms with Crippen LogP contribution in [0.4, 0.5) is 0 Å². The van der Waals surface area contributed by atoms with Gasteiger partial charge in [-0.05, 0) is 150 Å². The Morgan fingerprint density at radius 2 is 1.38 bits per heavy atom. The monoisotopic (exact) mass is 666 g/mol. The molecule has 6 heteroatoms. The van der Waals surface area contributed by atoms with Crippen LogP contribution in [0.25, 0.3) is 0 Å². The fourth-order valence-corrected chi connectivity index (χ4v) is 14.0. The fraction of sp³-hybridized carbons (Fsp3) is 0.881. The van der Waals surface area contributed by atoms with Gasteiger partial charge in [-0.25, -0.2) is 0 Å². The Kier molecular flexibility index (Phi) is 8.30. The second-order valence-corrected chi connectivity index (χ2v) is 20.6. The second-order valence-electron chi connectivity index (χ2n) is 20.6. The topological polar surface area (TPSA) is 89.9 Å². The van der Waals surface area contributed by atoms with Crippen molar-refractivity contribution in [3.63, 3.8) is 0 Å². The highest BCUT2D eigenvalue weighted by Gasteiger charge is 2.72. The number of rotatable bonds is 5. The standard InChI is InChI=1S/C42H66O6/c1-24(2)25-15-20-42(35(45)46)22-21-40(11)26(32(25)42)13-14-30-39(10)18-17-31(38(8,9)29(39)16-19-41(30,40)12)47-33(43)27-23-28(37(27,6)7)34(44)48-36(3,4)5/h25-32H,1,13-23H2,2-12H3,(H,45,46)/t25-,26+,27-,28+,29-,30?,31-,32+,39-,40+,41+,42-/m0/s1. The van der Waals surface area contributed by atoms with Gasteiger partial charge in [0.05, 0.1) is 17.3 Å². The predicted molar refractivity (Wildman–Crippen MR) is 188 cm³/mol. The third kappa shape index (κ3) is 4.85. The zero-order valence-corrected chi connectivity index (χ0v) is 32.1. The highest BCUT2D eigenvalue weighted by Crippen LogP contribution is 2.77. The minimum Gasteiger partial charge on any atom is -0.481 e. The van der Waals surface area contributed by atoms with E-state index < -0.39 is 22.4 Å². The number of carbonyl (C=O) groups excluding carboxylic acids is 2. The van der Waals surface area contributed by atoms with Crippen molar-refractivity contribution in [1.82, 2.24) is 0 Å². The number of carbonyl (C=O) groups is 3. The maximum atomic E-state index is 13.8. The molecule has 0 aromatic carbocycles. The zero-order valence-electron chi connectivity index (χ0n) is 32.1. The summed E-state index contributed by atoms with van der Waals surface area (Å²) in [5, 5.41) is 10.7. The van der Waals surface area contributed by atoms with Crippen molar-refractivity contribution in [2.75, 3.05) is 0 Å². The Hall–Kier alpha value is -1.85. The molecule has 0 aliphatic heterocycles. The third-order valence-corrected chi connectivity index (χ3v) is 16.9. The van der Waals surface area contributed by atoms with Gasteiger partial charge in [-0.3, -0.25) is 14.4 Å². The maximum absolute atomic E-state index is 13.8. The van der Waals surface area contributed by atoms with E-state index in [0.29, 0.717) is 30.1 Å². The van der Waals surface area contributed by atoms with E-state index in [-0.39, 0.29) is 57.5 Å². The first-order valence-electron chi connectivity index (χ1n) is 19.3. The molecular weight excluding hydrogens is 600 g/mol. The molecule has 0 saturated heterocycles. The summed E-state index contributed by atoms with van der Waals surface area (Å²) in [4.78, 5) is 39.7. The molecule has 0 aromatic heterocycles. The summed E-state index contributed by atoms with van der Waals surface area (Å²) < 4.78 is 12.2. The van der Waals surface area contributed by atoms with E-state index in [2.05, 4.69) is 48.1 Å². The smallest absolute Gasteiger partial charge is 0.310 e. The molecule has 270 valence electrons. The molecule has 0 amide bonds. The van der Waals surface area contributed by atoms with Crippen LogP contribution in [-0.4, -0.2) is 34.7 Å². The van der Waals surface area contributed by atoms with E-state index in [1.165, 1.54) is 5.57 Å². The first-order chi connectivity index (χ1) is 22.0. The van der Waals surface area contributed by atoms with E-state index in [4.69, 9.17) is 9.47 Å².